The van der Waals surface area contributed by atoms with Gasteiger partial charge in [-0.05, 0) is 66.1 Å². The van der Waals surface area contributed by atoms with Crippen LogP contribution in [0.15, 0.2) is 72.8 Å². The molecular formula is C38H49N3O7. The van der Waals surface area contributed by atoms with Gasteiger partial charge in [0.15, 0.2) is 6.29 Å². The van der Waals surface area contributed by atoms with Crippen molar-refractivity contribution in [3.05, 3.63) is 95.1 Å². The Bertz CT molecular complexity index is 1450. The van der Waals surface area contributed by atoms with Crippen molar-refractivity contribution in [1.29, 1.82) is 0 Å². The number of amides is 2. The van der Waals surface area contributed by atoms with E-state index in [1.54, 1.807) is 12.6 Å². The quantitative estimate of drug-likeness (QED) is 0.0892. The molecule has 3 aromatic carbocycles. The fourth-order valence-electron chi connectivity index (χ4n) is 6.60. The number of carbonyl (C=O) groups is 2. The summed E-state index contributed by atoms with van der Waals surface area (Å²) in [7, 11) is 1.76. The van der Waals surface area contributed by atoms with Crippen molar-refractivity contribution in [2.75, 3.05) is 26.8 Å². The predicted octanol–water partition coefficient (Wildman–Crippen LogP) is 5.57. The number of carbonyl (C=O) groups excluding carboxylic acids is 2. The second-order valence-corrected chi connectivity index (χ2v) is 12.8. The van der Waals surface area contributed by atoms with E-state index in [1.807, 2.05) is 36.4 Å². The molecule has 0 radical (unpaired) electrons. The molecule has 2 aliphatic rings. The van der Waals surface area contributed by atoms with E-state index in [4.69, 9.17) is 19.4 Å². The summed E-state index contributed by atoms with van der Waals surface area (Å²) < 4.78 is 18.7. The number of aliphatic hydroxyl groups excluding tert-OH is 1. The van der Waals surface area contributed by atoms with Crippen LogP contribution in [0, 0.1) is 0 Å². The minimum Gasteiger partial charge on any atom is -0.392 e. The summed E-state index contributed by atoms with van der Waals surface area (Å²) in [6.07, 6.45) is 5.10. The smallest absolute Gasteiger partial charge is 0.243 e. The second-order valence-electron chi connectivity index (χ2n) is 12.8. The van der Waals surface area contributed by atoms with E-state index in [0.717, 1.165) is 78.8 Å². The average molecular weight is 660 g/mol. The van der Waals surface area contributed by atoms with Crippen molar-refractivity contribution in [2.45, 2.75) is 89.1 Å². The molecule has 2 heterocycles. The van der Waals surface area contributed by atoms with Crippen molar-refractivity contribution >= 4 is 11.8 Å². The highest BCUT2D eigenvalue weighted by Crippen LogP contribution is 2.39. The number of benzene rings is 3. The Morgan fingerprint density at radius 2 is 1.65 bits per heavy atom. The number of unbranched alkanes of at least 4 members (excludes halogenated alkanes) is 2. The fourth-order valence-corrected chi connectivity index (χ4v) is 6.60. The minimum absolute atomic E-state index is 0.0103. The first-order valence-corrected chi connectivity index (χ1v) is 17.1. The van der Waals surface area contributed by atoms with Gasteiger partial charge in [0.05, 0.1) is 25.4 Å². The van der Waals surface area contributed by atoms with E-state index >= 15 is 0 Å². The summed E-state index contributed by atoms with van der Waals surface area (Å²) in [5.41, 5.74) is 7.65. The lowest BCUT2D eigenvalue weighted by atomic mass is 9.98. The zero-order valence-electron chi connectivity index (χ0n) is 27.8. The van der Waals surface area contributed by atoms with E-state index in [0.29, 0.717) is 31.8 Å². The first-order chi connectivity index (χ1) is 23.4. The van der Waals surface area contributed by atoms with Gasteiger partial charge in [-0.25, -0.2) is 5.48 Å². The molecule has 2 aliphatic heterocycles. The molecule has 4 N–H and O–H groups in total. The van der Waals surface area contributed by atoms with Crippen LogP contribution in [0.5, 0.6) is 0 Å². The lowest BCUT2D eigenvalue weighted by Gasteiger charge is -2.38. The third kappa shape index (κ3) is 10.2. The molecule has 10 nitrogen and oxygen atoms in total. The summed E-state index contributed by atoms with van der Waals surface area (Å²) in [6.45, 7) is 3.04. The Morgan fingerprint density at radius 1 is 0.896 bits per heavy atom. The summed E-state index contributed by atoms with van der Waals surface area (Å²) in [6, 6.07) is 24.8. The van der Waals surface area contributed by atoms with Gasteiger partial charge in [0, 0.05) is 51.1 Å². The van der Waals surface area contributed by atoms with E-state index in [1.165, 1.54) is 0 Å². The molecule has 3 aromatic rings. The van der Waals surface area contributed by atoms with Crippen molar-refractivity contribution in [2.24, 2.45) is 0 Å². The lowest BCUT2D eigenvalue weighted by Crippen LogP contribution is -2.42. The van der Waals surface area contributed by atoms with Crippen molar-refractivity contribution in [1.82, 2.24) is 15.7 Å². The lowest BCUT2D eigenvalue weighted by molar-refractivity contribution is -0.253. The molecule has 4 atom stereocenters. The van der Waals surface area contributed by atoms with Crippen LogP contribution in [0.3, 0.4) is 0 Å². The molecule has 48 heavy (non-hydrogen) atoms. The number of hydroxylamine groups is 1. The third-order valence-corrected chi connectivity index (χ3v) is 9.28. The molecule has 0 saturated carbocycles. The highest BCUT2D eigenvalue weighted by atomic mass is 16.7. The Hall–Kier alpha value is -3.64. The average Bonchev–Trinajstić information content (AvgIpc) is 3.56. The van der Waals surface area contributed by atoms with Gasteiger partial charge in [0.25, 0.3) is 0 Å². The van der Waals surface area contributed by atoms with Gasteiger partial charge in [0.1, 0.15) is 0 Å². The van der Waals surface area contributed by atoms with Crippen LogP contribution in [0.2, 0.25) is 0 Å². The number of rotatable bonds is 16. The fraction of sp³-hybridized carbons (Fsp3) is 0.474. The van der Waals surface area contributed by atoms with Gasteiger partial charge < -0.3 is 24.6 Å². The van der Waals surface area contributed by atoms with Crippen molar-refractivity contribution < 1.29 is 34.1 Å². The minimum atomic E-state index is -0.517. The Kier molecular flexibility index (Phi) is 13.5. The number of hydrogen-bond donors (Lipinski definition) is 4. The maximum absolute atomic E-state index is 12.3. The molecule has 0 aromatic heterocycles. The molecule has 2 fully saturated rings. The zero-order chi connectivity index (χ0) is 33.7. The summed E-state index contributed by atoms with van der Waals surface area (Å²) in [5, 5.41) is 21.1. The molecular weight excluding hydrogens is 610 g/mol. The van der Waals surface area contributed by atoms with E-state index < -0.39 is 12.2 Å². The van der Waals surface area contributed by atoms with Crippen molar-refractivity contribution in [3.8, 4) is 11.1 Å². The van der Waals surface area contributed by atoms with Gasteiger partial charge in [-0.15, -0.1) is 0 Å². The Morgan fingerprint density at radius 3 is 2.38 bits per heavy atom. The maximum Gasteiger partial charge on any atom is 0.243 e. The van der Waals surface area contributed by atoms with Gasteiger partial charge in [0.2, 0.25) is 11.8 Å². The molecule has 258 valence electrons. The summed E-state index contributed by atoms with van der Waals surface area (Å²) in [4.78, 5) is 25.9. The first-order valence-electron chi connectivity index (χ1n) is 17.1. The summed E-state index contributed by atoms with van der Waals surface area (Å²) >= 11 is 0. The molecule has 2 saturated heterocycles. The monoisotopic (exact) mass is 659 g/mol. The zero-order valence-corrected chi connectivity index (χ0v) is 27.8. The van der Waals surface area contributed by atoms with Gasteiger partial charge in [-0.1, -0.05) is 73.2 Å². The maximum atomic E-state index is 12.3. The van der Waals surface area contributed by atoms with Gasteiger partial charge >= 0.3 is 0 Å². The largest absolute Gasteiger partial charge is 0.392 e. The normalized spacial score (nSPS) is 21.2. The highest BCUT2D eigenvalue weighted by molar-refractivity contribution is 5.76. The summed E-state index contributed by atoms with van der Waals surface area (Å²) in [5.74, 6) is -0.429. The number of ether oxygens (including phenoxy) is 3. The van der Waals surface area contributed by atoms with E-state index in [2.05, 4.69) is 46.6 Å². The molecule has 0 spiro atoms. The molecule has 10 heteroatoms. The van der Waals surface area contributed by atoms with Crippen LogP contribution < -0.4 is 10.8 Å². The van der Waals surface area contributed by atoms with Crippen LogP contribution in [-0.2, 0) is 37.0 Å². The van der Waals surface area contributed by atoms with E-state index in [9.17, 15) is 14.7 Å². The van der Waals surface area contributed by atoms with Crippen LogP contribution in [-0.4, -0.2) is 66.0 Å². The number of methoxy groups -OCH3 is 1. The SMILES string of the molecule is COC[C@@H]1CCCN1C[C@H]1C[C@@H](c2ccc(CO)cc2)O[C@@H](c2ccc(-c3cccc(CNC(=O)CCCCCC(=O)NO)c3)cc2)O1. The van der Waals surface area contributed by atoms with Gasteiger partial charge in [-0.3, -0.25) is 19.7 Å². The highest BCUT2D eigenvalue weighted by Gasteiger charge is 2.35. The first kappa shape index (κ1) is 35.7. The number of nitrogens with zero attached hydrogens (tertiary/aromatic N) is 1. The van der Waals surface area contributed by atoms with Crippen molar-refractivity contribution in [3.63, 3.8) is 0 Å². The van der Waals surface area contributed by atoms with Crippen LogP contribution >= 0.6 is 0 Å². The third-order valence-electron chi connectivity index (χ3n) is 9.28. The number of hydrogen-bond acceptors (Lipinski definition) is 8. The number of nitrogens with one attached hydrogen (secondary N) is 2. The predicted molar refractivity (Wildman–Crippen MR) is 182 cm³/mol. The molecule has 5 rings (SSSR count). The van der Waals surface area contributed by atoms with E-state index in [-0.39, 0.29) is 31.1 Å². The number of aliphatic hydroxyl groups is 1. The molecule has 0 bridgehead atoms. The van der Waals surface area contributed by atoms with Crippen LogP contribution in [0.25, 0.3) is 11.1 Å². The van der Waals surface area contributed by atoms with Crippen LogP contribution in [0.1, 0.15) is 86.0 Å². The Balaban J connectivity index is 1.21. The molecule has 0 aliphatic carbocycles. The second kappa shape index (κ2) is 18.2. The molecule has 2 amide bonds. The van der Waals surface area contributed by atoms with Gasteiger partial charge in [-0.2, -0.15) is 0 Å². The van der Waals surface area contributed by atoms with Crippen LogP contribution in [0.4, 0.5) is 0 Å². The topological polar surface area (TPSA) is 130 Å². The molecule has 0 unspecified atom stereocenters. The number of likely N-dealkylation sites (tertiary alicyclic amines) is 1. The standard InChI is InChI=1S/C38H49N3O7/c1-46-26-33-9-6-20-41(33)24-34-22-35(30-14-12-27(25-42)13-15-30)48-38(47-34)31-18-16-29(17-19-31)32-8-5-7-28(21-32)23-39-36(43)10-3-2-4-11-37(44)40-45/h5,7-8,12-19,21,33-35,38,42,45H,2-4,6,9-11,20,22-26H2,1H3,(H,39,43)(H,40,44)/t33-,34+,35-,38-/m0/s1. The Labute approximate surface area is 283 Å².